The van der Waals surface area contributed by atoms with Gasteiger partial charge in [0.05, 0.1) is 21.4 Å². The zero-order valence-electron chi connectivity index (χ0n) is 9.17. The van der Waals surface area contributed by atoms with Crippen LogP contribution in [-0.2, 0) is 10.8 Å². The molecule has 0 saturated carbocycles. The molecule has 0 fully saturated rings. The Morgan fingerprint density at radius 2 is 1.94 bits per heavy atom. The van der Waals surface area contributed by atoms with Gasteiger partial charge in [-0.05, 0) is 6.07 Å². The van der Waals surface area contributed by atoms with E-state index < -0.39 is 10.8 Å². The molecular formula is C12H11NO2S2. The van der Waals surface area contributed by atoms with Crippen LogP contribution in [0, 0.1) is 0 Å². The lowest BCUT2D eigenvalue weighted by molar-refractivity contribution is 0.104. The summed E-state index contributed by atoms with van der Waals surface area (Å²) in [6.45, 7) is 0. The van der Waals surface area contributed by atoms with Gasteiger partial charge < -0.3 is 5.73 Å². The van der Waals surface area contributed by atoms with Gasteiger partial charge >= 0.3 is 0 Å². The van der Waals surface area contributed by atoms with Gasteiger partial charge in [-0.2, -0.15) is 0 Å². The minimum Gasteiger partial charge on any atom is -0.397 e. The van der Waals surface area contributed by atoms with Crippen LogP contribution in [0.3, 0.4) is 0 Å². The quantitative estimate of drug-likeness (QED) is 0.866. The van der Waals surface area contributed by atoms with Crippen LogP contribution in [0.1, 0.15) is 15.2 Å². The van der Waals surface area contributed by atoms with E-state index in [1.807, 2.05) is 18.2 Å². The molecule has 1 aromatic carbocycles. The lowest BCUT2D eigenvalue weighted by Crippen LogP contribution is -1.97. The van der Waals surface area contributed by atoms with Crippen molar-refractivity contribution in [3.8, 4) is 0 Å². The summed E-state index contributed by atoms with van der Waals surface area (Å²) in [6.07, 6.45) is 1.55. The third-order valence-electron chi connectivity index (χ3n) is 2.25. The first kappa shape index (κ1) is 12.0. The van der Waals surface area contributed by atoms with Gasteiger partial charge in [-0.25, -0.2) is 0 Å². The van der Waals surface area contributed by atoms with Crippen molar-refractivity contribution in [2.45, 2.75) is 4.21 Å². The number of thiophene rings is 1. The molecule has 2 aromatic rings. The predicted octanol–water partition coefficient (Wildman–Crippen LogP) is 2.30. The van der Waals surface area contributed by atoms with E-state index in [9.17, 15) is 9.00 Å². The Bertz CT molecular complexity index is 575. The standard InChI is InChI=1S/C12H11NO2S2/c1-17(15)12-9(13)7-10(16-12)11(14)8-5-3-2-4-6-8/h2-7H,13H2,1H3. The second kappa shape index (κ2) is 4.81. The number of hydrogen-bond acceptors (Lipinski definition) is 4. The zero-order valence-corrected chi connectivity index (χ0v) is 10.8. The Balaban J connectivity index is 2.39. The Morgan fingerprint density at radius 3 is 2.47 bits per heavy atom. The van der Waals surface area contributed by atoms with Crippen LogP contribution in [0.4, 0.5) is 5.69 Å². The van der Waals surface area contributed by atoms with Crippen molar-refractivity contribution in [2.24, 2.45) is 0 Å². The minimum absolute atomic E-state index is 0.0843. The summed E-state index contributed by atoms with van der Waals surface area (Å²) in [5.41, 5.74) is 6.76. The second-order valence-corrected chi connectivity index (χ2v) is 6.13. The SMILES string of the molecule is CS(=O)c1sc(C(=O)c2ccccc2)cc1N. The Labute approximate surface area is 106 Å². The van der Waals surface area contributed by atoms with Gasteiger partial charge in [0.1, 0.15) is 4.21 Å². The second-order valence-electron chi connectivity index (χ2n) is 3.50. The van der Waals surface area contributed by atoms with Crippen molar-refractivity contribution in [3.05, 3.63) is 46.8 Å². The Hall–Kier alpha value is -1.46. The van der Waals surface area contributed by atoms with Crippen molar-refractivity contribution in [1.29, 1.82) is 0 Å². The van der Waals surface area contributed by atoms with Gasteiger partial charge in [0.25, 0.3) is 0 Å². The number of ketones is 1. The molecule has 0 bridgehead atoms. The molecule has 0 aliphatic carbocycles. The van der Waals surface area contributed by atoms with Crippen molar-refractivity contribution >= 4 is 33.6 Å². The van der Waals surface area contributed by atoms with E-state index in [-0.39, 0.29) is 5.78 Å². The molecule has 1 heterocycles. The third-order valence-corrected chi connectivity index (χ3v) is 4.90. The molecule has 1 unspecified atom stereocenters. The van der Waals surface area contributed by atoms with Crippen LogP contribution in [0.15, 0.2) is 40.6 Å². The number of nitrogens with two attached hydrogens (primary N) is 1. The van der Waals surface area contributed by atoms with Gasteiger partial charge in [-0.3, -0.25) is 9.00 Å². The molecule has 0 saturated heterocycles. The topological polar surface area (TPSA) is 60.2 Å². The number of rotatable bonds is 3. The summed E-state index contributed by atoms with van der Waals surface area (Å²) in [4.78, 5) is 12.6. The van der Waals surface area contributed by atoms with Gasteiger partial charge in [0.2, 0.25) is 5.78 Å². The fraction of sp³-hybridized carbons (Fsp3) is 0.0833. The summed E-state index contributed by atoms with van der Waals surface area (Å²) < 4.78 is 11.9. The maximum Gasteiger partial charge on any atom is 0.203 e. The molecule has 1 aromatic heterocycles. The van der Waals surface area contributed by atoms with E-state index in [4.69, 9.17) is 5.73 Å². The lowest BCUT2D eigenvalue weighted by Gasteiger charge is -1.96. The molecule has 0 amide bonds. The van der Waals surface area contributed by atoms with E-state index in [1.165, 1.54) is 11.3 Å². The molecule has 1 atom stereocenters. The highest BCUT2D eigenvalue weighted by atomic mass is 32.2. The number of nitrogen functional groups attached to an aromatic ring is 1. The summed E-state index contributed by atoms with van der Waals surface area (Å²) in [7, 11) is -1.15. The average molecular weight is 265 g/mol. The van der Waals surface area contributed by atoms with Crippen LogP contribution in [0.25, 0.3) is 0 Å². The van der Waals surface area contributed by atoms with E-state index in [0.717, 1.165) is 0 Å². The summed E-state index contributed by atoms with van der Waals surface area (Å²) in [5.74, 6) is -0.0843. The number of carbonyl (C=O) groups is 1. The smallest absolute Gasteiger partial charge is 0.203 e. The number of hydrogen-bond donors (Lipinski definition) is 1. The highest BCUT2D eigenvalue weighted by molar-refractivity contribution is 7.86. The molecule has 0 spiro atoms. The van der Waals surface area contributed by atoms with Crippen molar-refractivity contribution in [1.82, 2.24) is 0 Å². The molecule has 0 radical (unpaired) electrons. The molecule has 2 N–H and O–H groups in total. The highest BCUT2D eigenvalue weighted by Crippen LogP contribution is 2.29. The van der Waals surface area contributed by atoms with Crippen LogP contribution < -0.4 is 5.73 Å². The van der Waals surface area contributed by atoms with Crippen LogP contribution >= 0.6 is 11.3 Å². The first-order valence-electron chi connectivity index (χ1n) is 4.92. The lowest BCUT2D eigenvalue weighted by atomic mass is 10.1. The van der Waals surface area contributed by atoms with Crippen LogP contribution in [-0.4, -0.2) is 16.2 Å². The van der Waals surface area contributed by atoms with Gasteiger partial charge in [-0.15, -0.1) is 11.3 Å². The summed E-state index contributed by atoms with van der Waals surface area (Å²) >= 11 is 1.20. The van der Waals surface area contributed by atoms with E-state index in [2.05, 4.69) is 0 Å². The number of carbonyl (C=O) groups excluding carboxylic acids is 1. The molecule has 3 nitrogen and oxygen atoms in total. The molecular weight excluding hydrogens is 254 g/mol. The van der Waals surface area contributed by atoms with Crippen LogP contribution in [0.2, 0.25) is 0 Å². The fourth-order valence-electron chi connectivity index (χ4n) is 1.46. The number of anilines is 1. The molecule has 17 heavy (non-hydrogen) atoms. The molecule has 2 rings (SSSR count). The highest BCUT2D eigenvalue weighted by Gasteiger charge is 2.16. The van der Waals surface area contributed by atoms with Gasteiger partial charge in [0.15, 0.2) is 0 Å². The van der Waals surface area contributed by atoms with Crippen molar-refractivity contribution < 1.29 is 9.00 Å². The number of benzene rings is 1. The average Bonchev–Trinajstić information content (AvgIpc) is 2.71. The molecule has 88 valence electrons. The normalized spacial score (nSPS) is 12.3. The third kappa shape index (κ3) is 2.45. The first-order valence-corrected chi connectivity index (χ1v) is 7.29. The zero-order chi connectivity index (χ0) is 12.4. The summed E-state index contributed by atoms with van der Waals surface area (Å²) in [6, 6.07) is 10.6. The maximum absolute atomic E-state index is 12.1. The first-order chi connectivity index (χ1) is 8.09. The van der Waals surface area contributed by atoms with E-state index >= 15 is 0 Å². The van der Waals surface area contributed by atoms with Crippen LogP contribution in [0.5, 0.6) is 0 Å². The van der Waals surface area contributed by atoms with Crippen molar-refractivity contribution in [3.63, 3.8) is 0 Å². The van der Waals surface area contributed by atoms with Gasteiger partial charge in [-0.1, -0.05) is 30.3 Å². The predicted molar refractivity (Wildman–Crippen MR) is 70.9 cm³/mol. The Morgan fingerprint density at radius 1 is 1.29 bits per heavy atom. The molecule has 5 heteroatoms. The fourth-order valence-corrected chi connectivity index (χ4v) is 3.36. The van der Waals surface area contributed by atoms with Crippen molar-refractivity contribution in [2.75, 3.05) is 12.0 Å². The monoisotopic (exact) mass is 265 g/mol. The van der Waals surface area contributed by atoms with Gasteiger partial charge in [0, 0.05) is 11.8 Å². The van der Waals surface area contributed by atoms with E-state index in [1.54, 1.807) is 24.5 Å². The molecule has 0 aliphatic rings. The summed E-state index contributed by atoms with van der Waals surface area (Å²) in [5, 5.41) is 0. The maximum atomic E-state index is 12.1. The molecule has 0 aliphatic heterocycles. The largest absolute Gasteiger partial charge is 0.397 e. The Kier molecular flexibility index (Phi) is 3.40. The van der Waals surface area contributed by atoms with E-state index in [0.29, 0.717) is 20.3 Å². The minimum atomic E-state index is -1.15.